The van der Waals surface area contributed by atoms with E-state index in [9.17, 15) is 17.6 Å². The molecule has 2 aromatic rings. The summed E-state index contributed by atoms with van der Waals surface area (Å²) in [6, 6.07) is 9.03. The minimum atomic E-state index is -3.73. The van der Waals surface area contributed by atoms with E-state index in [0.717, 1.165) is 31.5 Å². The van der Waals surface area contributed by atoms with Gasteiger partial charge in [-0.25, -0.2) is 12.8 Å². The highest BCUT2D eigenvalue weighted by molar-refractivity contribution is 7.89. The van der Waals surface area contributed by atoms with Crippen LogP contribution in [0.5, 0.6) is 0 Å². The largest absolute Gasteiger partial charge is 0.335 e. The second-order valence-corrected chi connectivity index (χ2v) is 10.3. The van der Waals surface area contributed by atoms with Gasteiger partial charge in [0.25, 0.3) is 0 Å². The van der Waals surface area contributed by atoms with E-state index in [0.29, 0.717) is 19.4 Å². The van der Waals surface area contributed by atoms with Gasteiger partial charge in [0, 0.05) is 24.5 Å². The molecule has 8 heteroatoms. The Morgan fingerprint density at radius 3 is 2.54 bits per heavy atom. The number of hydrogen-bond acceptors (Lipinski definition) is 4. The van der Waals surface area contributed by atoms with Crippen molar-refractivity contribution in [2.24, 2.45) is 5.92 Å². The summed E-state index contributed by atoms with van der Waals surface area (Å²) in [5.41, 5.74) is 0. The Labute approximate surface area is 168 Å². The van der Waals surface area contributed by atoms with Crippen LogP contribution < -0.4 is 0 Å². The van der Waals surface area contributed by atoms with Gasteiger partial charge < -0.3 is 4.90 Å². The molecule has 1 aromatic heterocycles. The third-order valence-corrected chi connectivity index (χ3v) is 8.45. The minimum absolute atomic E-state index is 0.0508. The summed E-state index contributed by atoms with van der Waals surface area (Å²) < 4.78 is 40.4. The van der Waals surface area contributed by atoms with Gasteiger partial charge in [0.05, 0.1) is 16.9 Å². The number of benzene rings is 1. The number of rotatable bonds is 4. The van der Waals surface area contributed by atoms with Crippen molar-refractivity contribution < 1.29 is 17.6 Å². The summed E-state index contributed by atoms with van der Waals surface area (Å²) in [6.45, 7) is 1.30. The summed E-state index contributed by atoms with van der Waals surface area (Å²) in [4.78, 5) is 16.4. The summed E-state index contributed by atoms with van der Waals surface area (Å²) >= 11 is 1.66. The number of thiophene rings is 1. The maximum atomic E-state index is 13.2. The zero-order valence-electron chi connectivity index (χ0n) is 15.5. The van der Waals surface area contributed by atoms with Crippen molar-refractivity contribution in [3.63, 3.8) is 0 Å². The molecule has 5 nitrogen and oxygen atoms in total. The van der Waals surface area contributed by atoms with Crippen LogP contribution in [0.25, 0.3) is 0 Å². The second-order valence-electron chi connectivity index (χ2n) is 7.36. The van der Waals surface area contributed by atoms with Crippen molar-refractivity contribution in [2.45, 2.75) is 36.6 Å². The van der Waals surface area contributed by atoms with E-state index >= 15 is 0 Å². The number of hydrogen-bond donors (Lipinski definition) is 0. The number of nitrogens with zero attached hydrogens (tertiary/aromatic N) is 2. The standard InChI is InChI=1S/C20H23FN2O3S2/c21-16-7-9-17(10-8-16)28(25,26)22-11-1-4-15(14-22)20(24)23-12-2-5-18(23)19-6-3-13-27-19/h3,6-10,13,15,18H,1-2,4-5,11-12,14H2. The molecule has 2 atom stereocenters. The van der Waals surface area contributed by atoms with Crippen molar-refractivity contribution in [2.75, 3.05) is 19.6 Å². The molecule has 0 radical (unpaired) electrons. The van der Waals surface area contributed by atoms with Gasteiger partial charge in [-0.05, 0) is 61.4 Å². The van der Waals surface area contributed by atoms with Gasteiger partial charge in [0.2, 0.25) is 15.9 Å². The number of sulfonamides is 1. The molecule has 1 aromatic carbocycles. The molecule has 0 spiro atoms. The fourth-order valence-corrected chi connectivity index (χ4v) is 6.56. The van der Waals surface area contributed by atoms with E-state index in [-0.39, 0.29) is 29.3 Å². The second kappa shape index (κ2) is 7.93. The van der Waals surface area contributed by atoms with Crippen LogP contribution in [-0.2, 0) is 14.8 Å². The maximum absolute atomic E-state index is 13.2. The number of amides is 1. The van der Waals surface area contributed by atoms with Gasteiger partial charge in [0.15, 0.2) is 0 Å². The van der Waals surface area contributed by atoms with Crippen LogP contribution in [0.1, 0.15) is 36.6 Å². The zero-order chi connectivity index (χ0) is 19.7. The summed E-state index contributed by atoms with van der Waals surface area (Å²) in [6.07, 6.45) is 3.27. The first-order valence-electron chi connectivity index (χ1n) is 9.56. The Morgan fingerprint density at radius 2 is 1.82 bits per heavy atom. The topological polar surface area (TPSA) is 57.7 Å². The molecule has 2 aliphatic rings. The van der Waals surface area contributed by atoms with Crippen LogP contribution >= 0.6 is 11.3 Å². The van der Waals surface area contributed by atoms with Gasteiger partial charge in [0.1, 0.15) is 5.82 Å². The van der Waals surface area contributed by atoms with E-state index in [2.05, 4.69) is 6.07 Å². The van der Waals surface area contributed by atoms with Crippen LogP contribution in [0, 0.1) is 11.7 Å². The Balaban J connectivity index is 1.50. The highest BCUT2D eigenvalue weighted by atomic mass is 32.2. The van der Waals surface area contributed by atoms with E-state index in [1.807, 2.05) is 16.3 Å². The van der Waals surface area contributed by atoms with E-state index in [1.54, 1.807) is 11.3 Å². The van der Waals surface area contributed by atoms with E-state index in [1.165, 1.54) is 21.3 Å². The van der Waals surface area contributed by atoms with Crippen LogP contribution in [0.3, 0.4) is 0 Å². The van der Waals surface area contributed by atoms with Crippen molar-refractivity contribution >= 4 is 27.3 Å². The Kier molecular flexibility index (Phi) is 5.53. The van der Waals surface area contributed by atoms with Crippen LogP contribution in [-0.4, -0.2) is 43.2 Å². The number of piperidine rings is 1. The molecule has 2 saturated heterocycles. The van der Waals surface area contributed by atoms with Crippen LogP contribution in [0.15, 0.2) is 46.7 Å². The molecule has 150 valence electrons. The molecule has 2 aliphatic heterocycles. The van der Waals surface area contributed by atoms with Gasteiger partial charge in [-0.1, -0.05) is 6.07 Å². The molecule has 2 fully saturated rings. The van der Waals surface area contributed by atoms with Gasteiger partial charge >= 0.3 is 0 Å². The fraction of sp³-hybridized carbons (Fsp3) is 0.450. The van der Waals surface area contributed by atoms with Crippen LogP contribution in [0.4, 0.5) is 4.39 Å². The van der Waals surface area contributed by atoms with Gasteiger partial charge in [-0.2, -0.15) is 4.31 Å². The lowest BCUT2D eigenvalue weighted by Crippen LogP contribution is -2.46. The monoisotopic (exact) mass is 422 g/mol. The molecule has 0 N–H and O–H groups in total. The lowest BCUT2D eigenvalue weighted by Gasteiger charge is -2.35. The number of halogens is 1. The number of likely N-dealkylation sites (tertiary alicyclic amines) is 1. The first-order chi connectivity index (χ1) is 13.5. The minimum Gasteiger partial charge on any atom is -0.335 e. The maximum Gasteiger partial charge on any atom is 0.243 e. The first-order valence-corrected chi connectivity index (χ1v) is 11.9. The molecule has 4 rings (SSSR count). The molecule has 0 bridgehead atoms. The molecule has 28 heavy (non-hydrogen) atoms. The van der Waals surface area contributed by atoms with E-state index in [4.69, 9.17) is 0 Å². The molecule has 0 aliphatic carbocycles. The van der Waals surface area contributed by atoms with Gasteiger partial charge in [-0.15, -0.1) is 11.3 Å². The summed E-state index contributed by atoms with van der Waals surface area (Å²) in [7, 11) is -3.73. The van der Waals surface area contributed by atoms with Crippen LogP contribution in [0.2, 0.25) is 0 Å². The van der Waals surface area contributed by atoms with E-state index < -0.39 is 15.8 Å². The fourth-order valence-electron chi connectivity index (χ4n) is 4.16. The lowest BCUT2D eigenvalue weighted by atomic mass is 9.97. The predicted molar refractivity (Wildman–Crippen MR) is 106 cm³/mol. The average molecular weight is 423 g/mol. The summed E-state index contributed by atoms with van der Waals surface area (Å²) in [5.74, 6) is -0.751. The van der Waals surface area contributed by atoms with Crippen molar-refractivity contribution in [3.05, 3.63) is 52.5 Å². The Hall–Kier alpha value is -1.77. The van der Waals surface area contributed by atoms with Crippen molar-refractivity contribution in [1.82, 2.24) is 9.21 Å². The third kappa shape index (κ3) is 3.73. The van der Waals surface area contributed by atoms with Crippen molar-refractivity contribution in [1.29, 1.82) is 0 Å². The smallest absolute Gasteiger partial charge is 0.243 e. The predicted octanol–water partition coefficient (Wildman–Crippen LogP) is 3.65. The highest BCUT2D eigenvalue weighted by Crippen LogP contribution is 2.36. The first kappa shape index (κ1) is 19.5. The Bertz CT molecular complexity index is 929. The third-order valence-electron chi connectivity index (χ3n) is 5.59. The summed E-state index contributed by atoms with van der Waals surface area (Å²) in [5, 5.41) is 2.02. The molecule has 2 unspecified atom stereocenters. The SMILES string of the molecule is O=C(C1CCCN(S(=O)(=O)c2ccc(F)cc2)C1)N1CCCC1c1cccs1. The van der Waals surface area contributed by atoms with Gasteiger partial charge in [-0.3, -0.25) is 4.79 Å². The molecule has 3 heterocycles. The molecular weight excluding hydrogens is 399 g/mol. The molecule has 1 amide bonds. The normalized spacial score (nSPS) is 23.8. The Morgan fingerprint density at radius 1 is 1.07 bits per heavy atom. The quantitative estimate of drug-likeness (QED) is 0.756. The average Bonchev–Trinajstić information content (AvgIpc) is 3.39. The highest BCUT2D eigenvalue weighted by Gasteiger charge is 2.38. The zero-order valence-corrected chi connectivity index (χ0v) is 17.1. The molecule has 0 saturated carbocycles. The van der Waals surface area contributed by atoms with Crippen molar-refractivity contribution in [3.8, 4) is 0 Å². The number of carbonyl (C=O) groups excluding carboxylic acids is 1. The number of carbonyl (C=O) groups is 1. The lowest BCUT2D eigenvalue weighted by molar-refractivity contribution is -0.137. The molecular formula is C20H23FN2O3S2.